The summed E-state index contributed by atoms with van der Waals surface area (Å²) in [6.07, 6.45) is 3.74. The largest absolute Gasteiger partial charge is 0.372 e. The number of amides is 1. The molecule has 1 fully saturated rings. The molecule has 0 saturated carbocycles. The van der Waals surface area contributed by atoms with Crippen molar-refractivity contribution in [2.75, 3.05) is 18.0 Å². The molecule has 1 aliphatic heterocycles. The van der Waals surface area contributed by atoms with E-state index in [-0.39, 0.29) is 41.8 Å². The van der Waals surface area contributed by atoms with Gasteiger partial charge >= 0.3 is 0 Å². The lowest BCUT2D eigenvalue weighted by Crippen LogP contribution is -2.46. The van der Waals surface area contributed by atoms with Gasteiger partial charge in [0.1, 0.15) is 5.82 Å². The van der Waals surface area contributed by atoms with Crippen LogP contribution in [0, 0.1) is 11.2 Å². The summed E-state index contributed by atoms with van der Waals surface area (Å²) in [7, 11) is 0. The van der Waals surface area contributed by atoms with E-state index >= 15 is 0 Å². The van der Waals surface area contributed by atoms with Gasteiger partial charge in [0.05, 0.1) is 30.4 Å². The molecule has 0 radical (unpaired) electrons. The Morgan fingerprint density at radius 2 is 1.97 bits per heavy atom. The van der Waals surface area contributed by atoms with Crippen LogP contribution < -0.4 is 10.2 Å². The van der Waals surface area contributed by atoms with Crippen molar-refractivity contribution in [3.63, 3.8) is 0 Å². The highest BCUT2D eigenvalue weighted by atomic mass is 19.1. The average Bonchev–Trinajstić information content (AvgIpc) is 2.67. The van der Waals surface area contributed by atoms with Crippen molar-refractivity contribution in [3.8, 4) is 0 Å². The SMILES string of the molecule is CC1CN(c2ncc3c(n2)CC(C)(C)CC3NC(=O)Cc2ccccc2F)CC(C)O1. The molecule has 1 aromatic heterocycles. The Hall–Kier alpha value is -2.54. The second-order valence-corrected chi connectivity index (χ2v) is 9.67. The first kappa shape index (κ1) is 21.7. The summed E-state index contributed by atoms with van der Waals surface area (Å²) in [5.74, 6) is 0.164. The van der Waals surface area contributed by atoms with Crippen LogP contribution in [0.15, 0.2) is 30.5 Å². The van der Waals surface area contributed by atoms with Crippen LogP contribution in [0.2, 0.25) is 0 Å². The number of nitrogens with one attached hydrogen (secondary N) is 1. The van der Waals surface area contributed by atoms with E-state index in [4.69, 9.17) is 9.72 Å². The zero-order chi connectivity index (χ0) is 22.2. The van der Waals surface area contributed by atoms with Gasteiger partial charge in [-0.15, -0.1) is 0 Å². The normalized spacial score (nSPS) is 25.1. The molecule has 0 spiro atoms. The lowest BCUT2D eigenvalue weighted by atomic mass is 9.74. The average molecular weight is 427 g/mol. The van der Waals surface area contributed by atoms with Gasteiger partial charge in [0.25, 0.3) is 0 Å². The van der Waals surface area contributed by atoms with Gasteiger partial charge in [-0.05, 0) is 43.7 Å². The predicted molar refractivity (Wildman–Crippen MR) is 117 cm³/mol. The number of aromatic nitrogens is 2. The maximum atomic E-state index is 14.0. The first-order valence-electron chi connectivity index (χ1n) is 11.0. The standard InChI is InChI=1S/C24H31FN4O2/c1-15-13-29(14-16(2)31-15)23-26-12-18-20(10-24(3,4)11-21(18)28-23)27-22(30)9-17-7-5-6-8-19(17)25/h5-8,12,15-16,20H,9-11,13-14H2,1-4H3,(H,27,30). The number of benzene rings is 1. The van der Waals surface area contributed by atoms with Crippen molar-refractivity contribution < 1.29 is 13.9 Å². The van der Waals surface area contributed by atoms with Gasteiger partial charge in [0.2, 0.25) is 11.9 Å². The maximum Gasteiger partial charge on any atom is 0.225 e. The van der Waals surface area contributed by atoms with Crippen LogP contribution in [0.25, 0.3) is 0 Å². The lowest BCUT2D eigenvalue weighted by molar-refractivity contribution is -0.121. The Bertz CT molecular complexity index is 954. The van der Waals surface area contributed by atoms with Crippen LogP contribution in [0.4, 0.5) is 10.3 Å². The van der Waals surface area contributed by atoms with Crippen LogP contribution in [0.3, 0.4) is 0 Å². The minimum absolute atomic E-state index is 0.0137. The number of morpholine rings is 1. The number of rotatable bonds is 4. The molecule has 2 heterocycles. The van der Waals surface area contributed by atoms with E-state index in [1.54, 1.807) is 18.2 Å². The molecule has 7 heteroatoms. The van der Waals surface area contributed by atoms with Gasteiger partial charge in [-0.3, -0.25) is 4.79 Å². The smallest absolute Gasteiger partial charge is 0.225 e. The van der Waals surface area contributed by atoms with Crippen molar-refractivity contribution in [2.24, 2.45) is 5.41 Å². The lowest BCUT2D eigenvalue weighted by Gasteiger charge is -2.38. The van der Waals surface area contributed by atoms with Crippen LogP contribution in [0.5, 0.6) is 0 Å². The predicted octanol–water partition coefficient (Wildman–Crippen LogP) is 3.60. The Balaban J connectivity index is 1.54. The number of anilines is 1. The number of hydrogen-bond donors (Lipinski definition) is 1. The third-order valence-electron chi connectivity index (χ3n) is 6.01. The van der Waals surface area contributed by atoms with E-state index in [0.717, 1.165) is 43.1 Å². The molecule has 1 saturated heterocycles. The first-order chi connectivity index (χ1) is 14.7. The zero-order valence-corrected chi connectivity index (χ0v) is 18.7. The summed E-state index contributed by atoms with van der Waals surface area (Å²) in [4.78, 5) is 24.4. The third-order valence-corrected chi connectivity index (χ3v) is 6.01. The zero-order valence-electron chi connectivity index (χ0n) is 18.7. The van der Waals surface area contributed by atoms with Crippen molar-refractivity contribution in [2.45, 2.75) is 65.2 Å². The molecule has 2 aromatic rings. The second-order valence-electron chi connectivity index (χ2n) is 9.67. The van der Waals surface area contributed by atoms with Gasteiger partial charge in [0.15, 0.2) is 0 Å². The molecule has 4 rings (SSSR count). The fourth-order valence-electron chi connectivity index (χ4n) is 4.72. The van der Waals surface area contributed by atoms with Crippen molar-refractivity contribution >= 4 is 11.9 Å². The molecule has 1 amide bonds. The van der Waals surface area contributed by atoms with E-state index < -0.39 is 0 Å². The fraction of sp³-hybridized carbons (Fsp3) is 0.542. The maximum absolute atomic E-state index is 14.0. The highest BCUT2D eigenvalue weighted by Crippen LogP contribution is 2.40. The van der Waals surface area contributed by atoms with Crippen LogP contribution in [0.1, 0.15) is 57.0 Å². The quantitative estimate of drug-likeness (QED) is 0.809. The summed E-state index contributed by atoms with van der Waals surface area (Å²) in [6, 6.07) is 6.21. The van der Waals surface area contributed by atoms with E-state index in [9.17, 15) is 9.18 Å². The van der Waals surface area contributed by atoms with Gasteiger partial charge < -0.3 is 15.0 Å². The molecule has 0 bridgehead atoms. The molecule has 6 nitrogen and oxygen atoms in total. The van der Waals surface area contributed by atoms with E-state index in [1.165, 1.54) is 6.07 Å². The summed E-state index contributed by atoms with van der Waals surface area (Å²) < 4.78 is 19.8. The van der Waals surface area contributed by atoms with E-state index in [2.05, 4.69) is 42.9 Å². The molecule has 1 N–H and O–H groups in total. The number of carbonyl (C=O) groups excluding carboxylic acids is 1. The fourth-order valence-corrected chi connectivity index (χ4v) is 4.72. The molecule has 3 unspecified atom stereocenters. The summed E-state index contributed by atoms with van der Waals surface area (Å²) in [5.41, 5.74) is 2.32. The summed E-state index contributed by atoms with van der Waals surface area (Å²) in [6.45, 7) is 10.0. The number of fused-ring (bicyclic) bond motifs is 1. The van der Waals surface area contributed by atoms with Crippen molar-refractivity contribution in [3.05, 3.63) is 53.1 Å². The summed E-state index contributed by atoms with van der Waals surface area (Å²) in [5, 5.41) is 3.10. The topological polar surface area (TPSA) is 67.4 Å². The number of hydrogen-bond acceptors (Lipinski definition) is 5. The molecule has 2 aliphatic rings. The van der Waals surface area contributed by atoms with Crippen LogP contribution >= 0.6 is 0 Å². The Labute approximate surface area is 183 Å². The van der Waals surface area contributed by atoms with E-state index in [1.807, 2.05) is 6.20 Å². The van der Waals surface area contributed by atoms with Gasteiger partial charge in [-0.25, -0.2) is 14.4 Å². The third kappa shape index (κ3) is 5.03. The molecule has 1 aliphatic carbocycles. The Kier molecular flexibility index (Phi) is 5.97. The van der Waals surface area contributed by atoms with Crippen LogP contribution in [-0.2, 0) is 22.4 Å². The Morgan fingerprint density at radius 1 is 1.26 bits per heavy atom. The van der Waals surface area contributed by atoms with Crippen LogP contribution in [-0.4, -0.2) is 41.2 Å². The molecular weight excluding hydrogens is 395 g/mol. The van der Waals surface area contributed by atoms with Gasteiger partial charge in [-0.1, -0.05) is 32.0 Å². The number of ether oxygens (including phenoxy) is 1. The number of halogens is 1. The van der Waals surface area contributed by atoms with Crippen molar-refractivity contribution in [1.29, 1.82) is 0 Å². The first-order valence-corrected chi connectivity index (χ1v) is 11.0. The molecule has 166 valence electrons. The highest BCUT2D eigenvalue weighted by molar-refractivity contribution is 5.79. The minimum Gasteiger partial charge on any atom is -0.372 e. The second kappa shape index (κ2) is 8.54. The van der Waals surface area contributed by atoms with Gasteiger partial charge in [0, 0.05) is 24.8 Å². The highest BCUT2D eigenvalue weighted by Gasteiger charge is 2.35. The molecule has 31 heavy (non-hydrogen) atoms. The molecular formula is C24H31FN4O2. The van der Waals surface area contributed by atoms with Crippen molar-refractivity contribution in [1.82, 2.24) is 15.3 Å². The van der Waals surface area contributed by atoms with E-state index in [0.29, 0.717) is 5.56 Å². The molecule has 1 aromatic carbocycles. The minimum atomic E-state index is -0.357. The monoisotopic (exact) mass is 426 g/mol. The summed E-state index contributed by atoms with van der Waals surface area (Å²) >= 11 is 0. The van der Waals surface area contributed by atoms with Gasteiger partial charge in [-0.2, -0.15) is 0 Å². The number of carbonyl (C=O) groups is 1. The number of nitrogens with zero attached hydrogens (tertiary/aromatic N) is 3. The Morgan fingerprint density at radius 3 is 2.68 bits per heavy atom. The molecule has 3 atom stereocenters.